The van der Waals surface area contributed by atoms with E-state index in [0.29, 0.717) is 0 Å². The molecule has 0 saturated heterocycles. The molecule has 0 heterocycles. The third kappa shape index (κ3) is 52.2. The molecule has 1 N–H and O–H groups in total. The summed E-state index contributed by atoms with van der Waals surface area (Å²) in [7, 11) is 0. The smallest absolute Gasteiger partial charge is 0.294 e. The van der Waals surface area contributed by atoms with Crippen LogP contribution in [0.3, 0.4) is 0 Å². The maximum atomic E-state index is 7.82. The van der Waals surface area contributed by atoms with E-state index in [1.807, 2.05) is 0 Å². The minimum absolute atomic E-state index is 0. The van der Waals surface area contributed by atoms with E-state index in [0.717, 1.165) is 6.42 Å². The van der Waals surface area contributed by atoms with E-state index in [-0.39, 0.29) is 26.2 Å². The molecule has 0 aliphatic heterocycles. The monoisotopic (exact) mass is 645 g/mol. The van der Waals surface area contributed by atoms with Crippen molar-refractivity contribution in [3.8, 4) is 0 Å². The van der Waals surface area contributed by atoms with Gasteiger partial charge in [-0.05, 0) is 0 Å². The number of hydrogen-bond acceptors (Lipinski definition) is 1. The zero-order valence-electron chi connectivity index (χ0n) is 24.1. The molecule has 0 aliphatic carbocycles. The fourth-order valence-corrected chi connectivity index (χ4v) is 4.67. The van der Waals surface area contributed by atoms with E-state index >= 15 is 0 Å². The second-order valence-corrected chi connectivity index (χ2v) is 12.7. The summed E-state index contributed by atoms with van der Waals surface area (Å²) in [6.45, 7) is 6.22. The molecule has 0 atom stereocenters. The first-order valence-electron chi connectivity index (χ1n) is 15.5. The van der Waals surface area contributed by atoms with Crippen molar-refractivity contribution in [1.82, 2.24) is 0 Å². The van der Waals surface area contributed by atoms with Gasteiger partial charge in [0.2, 0.25) is 0 Å². The average Bonchev–Trinajstić information content (AvgIpc) is 2.80. The first-order chi connectivity index (χ1) is 16.9. The van der Waals surface area contributed by atoms with E-state index in [9.17, 15) is 0 Å². The summed E-state index contributed by atoms with van der Waals surface area (Å²) in [5.41, 5.74) is 0. The van der Waals surface area contributed by atoms with Crippen LogP contribution in [0.4, 0.5) is 0 Å². The fourth-order valence-electron chi connectivity index (χ4n) is 4.67. The third-order valence-corrected chi connectivity index (χ3v) is 6.85. The predicted molar refractivity (Wildman–Crippen MR) is 163 cm³/mol. The average molecular weight is 648 g/mol. The first-order valence-corrected chi connectivity index (χ1v) is 16.6. The van der Waals surface area contributed by atoms with Crippen LogP contribution in [0.25, 0.3) is 0 Å². The molecule has 0 aromatic heterocycles. The Morgan fingerprint density at radius 2 is 0.556 bits per heavy atom. The molecule has 5 heteroatoms. The van der Waals surface area contributed by atoms with E-state index in [2.05, 4.69) is 48.7 Å². The molecule has 0 aromatic rings. The zero-order valence-corrected chi connectivity index (χ0v) is 28.8. The fraction of sp³-hybridized carbons (Fsp3) is 0.968. The van der Waals surface area contributed by atoms with Crippen molar-refractivity contribution in [2.24, 2.45) is 0 Å². The number of hydrogen-bond donors (Lipinski definition) is 1. The quantitative estimate of drug-likeness (QED) is 0.0534. The van der Waals surface area contributed by atoms with Crippen molar-refractivity contribution < 1.29 is 31.3 Å². The van der Waals surface area contributed by atoms with Crippen molar-refractivity contribution >= 4 is 34.8 Å². The molecule has 0 radical (unpaired) electrons. The van der Waals surface area contributed by atoms with Crippen LogP contribution in [0.15, 0.2) is 0 Å². The maximum absolute atomic E-state index is 7.82. The van der Waals surface area contributed by atoms with Crippen molar-refractivity contribution in [3.05, 3.63) is 6.92 Å². The molecule has 0 amide bonds. The van der Waals surface area contributed by atoms with Gasteiger partial charge in [-0.1, -0.05) is 215 Å². The number of alkyl halides is 3. The first kappa shape index (κ1) is 42.2. The summed E-state index contributed by atoms with van der Waals surface area (Å²) in [5.74, 6) is 0. The second kappa shape index (κ2) is 36.7. The third-order valence-electron chi connectivity index (χ3n) is 6.85. The summed E-state index contributed by atoms with van der Waals surface area (Å²) >= 11 is 13.8. The Morgan fingerprint density at radius 1 is 0.417 bits per heavy atom. The van der Waals surface area contributed by atoms with E-state index in [1.54, 1.807) is 0 Å². The summed E-state index contributed by atoms with van der Waals surface area (Å²) in [6.07, 6.45) is 40.8. The molecular weight excluding hydrogens is 586 g/mol. The summed E-state index contributed by atoms with van der Waals surface area (Å²) in [6, 6.07) is 0. The molecule has 0 aromatic carbocycles. The van der Waals surface area contributed by atoms with Crippen LogP contribution in [-0.4, -0.2) is 9.09 Å². The standard InChI is InChI=1S/C30H61.CHCl3O.Zr/c1-3-5-7-9-11-13-15-17-19-21-23-25-27-29-30-28-26-24-22-20-18-16-14-12-10-8-6-4-2;2-1(3,4)5;/h1,3-30H2,2H3;5H;/q-1;;. The minimum atomic E-state index is -2.08. The van der Waals surface area contributed by atoms with Crippen molar-refractivity contribution in [3.63, 3.8) is 0 Å². The molecular formula is C31H62Cl3OZr-. The number of aliphatic hydroxyl groups is 1. The second-order valence-electron chi connectivity index (χ2n) is 10.5. The van der Waals surface area contributed by atoms with Crippen LogP contribution >= 0.6 is 34.8 Å². The molecule has 0 aliphatic rings. The Labute approximate surface area is 262 Å². The molecule has 218 valence electrons. The molecule has 1 nitrogen and oxygen atoms in total. The molecule has 0 saturated carbocycles. The van der Waals surface area contributed by atoms with Crippen molar-refractivity contribution in [1.29, 1.82) is 0 Å². The van der Waals surface area contributed by atoms with Crippen molar-refractivity contribution in [2.45, 2.75) is 191 Å². The Balaban J connectivity index is -0.00000164. The summed E-state index contributed by atoms with van der Waals surface area (Å²) < 4.78 is -2.08. The van der Waals surface area contributed by atoms with Crippen LogP contribution in [0.5, 0.6) is 0 Å². The van der Waals surface area contributed by atoms with E-state index < -0.39 is 3.98 Å². The Hall–Kier alpha value is 1.71. The Kier molecular flexibility index (Phi) is 43.0. The number of halogens is 3. The van der Waals surface area contributed by atoms with Crippen LogP contribution in [0.2, 0.25) is 0 Å². The van der Waals surface area contributed by atoms with E-state index in [1.165, 1.54) is 173 Å². The Bertz CT molecular complexity index is 330. The number of unbranched alkanes of at least 4 members (excludes halogenated alkanes) is 27. The maximum Gasteiger partial charge on any atom is 0.294 e. The topological polar surface area (TPSA) is 20.2 Å². The SMILES string of the molecule is OC(Cl)(Cl)Cl.[CH2-]CCCCCCCCCCCCCCCCCCCCCCCCCCCCC.[Zr]. The van der Waals surface area contributed by atoms with Gasteiger partial charge >= 0.3 is 0 Å². The van der Waals surface area contributed by atoms with Gasteiger partial charge in [0.1, 0.15) is 0 Å². The van der Waals surface area contributed by atoms with Gasteiger partial charge in [-0.25, -0.2) is 0 Å². The van der Waals surface area contributed by atoms with Crippen LogP contribution in [0.1, 0.15) is 187 Å². The molecule has 0 fully saturated rings. The Morgan fingerprint density at radius 3 is 0.694 bits per heavy atom. The molecule has 0 rings (SSSR count). The van der Waals surface area contributed by atoms with Gasteiger partial charge in [-0.15, -0.1) is 0 Å². The van der Waals surface area contributed by atoms with Crippen molar-refractivity contribution in [2.75, 3.05) is 0 Å². The van der Waals surface area contributed by atoms with Gasteiger partial charge in [-0.2, -0.15) is 6.42 Å². The van der Waals surface area contributed by atoms with Crippen LogP contribution in [-0.2, 0) is 26.2 Å². The van der Waals surface area contributed by atoms with Gasteiger partial charge in [0.25, 0.3) is 3.98 Å². The molecule has 36 heavy (non-hydrogen) atoms. The predicted octanol–water partition coefficient (Wildman–Crippen LogP) is 13.1. The zero-order chi connectivity index (χ0) is 26.3. The summed E-state index contributed by atoms with van der Waals surface area (Å²) in [5, 5.41) is 7.82. The van der Waals surface area contributed by atoms with Crippen LogP contribution in [0, 0.1) is 6.92 Å². The normalized spacial score (nSPS) is 11.2. The molecule has 0 spiro atoms. The molecule has 0 bridgehead atoms. The van der Waals surface area contributed by atoms with Gasteiger partial charge in [-0.3, -0.25) is 0 Å². The largest absolute Gasteiger partial charge is 0.350 e. The van der Waals surface area contributed by atoms with Gasteiger partial charge < -0.3 is 12.0 Å². The van der Waals surface area contributed by atoms with Gasteiger partial charge in [0, 0.05) is 26.2 Å². The molecule has 0 unspecified atom stereocenters. The van der Waals surface area contributed by atoms with E-state index in [4.69, 9.17) is 5.11 Å². The van der Waals surface area contributed by atoms with Gasteiger partial charge in [0.05, 0.1) is 0 Å². The summed E-state index contributed by atoms with van der Waals surface area (Å²) in [4.78, 5) is 0. The number of rotatable bonds is 27. The minimum Gasteiger partial charge on any atom is -0.350 e. The van der Waals surface area contributed by atoms with Gasteiger partial charge in [0.15, 0.2) is 0 Å². The van der Waals surface area contributed by atoms with Crippen LogP contribution < -0.4 is 0 Å².